The zero-order valence-corrected chi connectivity index (χ0v) is 5.77. The van der Waals surface area contributed by atoms with Crippen molar-refractivity contribution >= 4 is 11.8 Å². The molecule has 2 unspecified atom stereocenters. The molecule has 1 rings (SSSR count). The molecule has 0 aromatic carbocycles. The highest BCUT2D eigenvalue weighted by atomic mass is 32.2. The molecule has 0 amide bonds. The Bertz CT molecular complexity index is 108. The van der Waals surface area contributed by atoms with Crippen molar-refractivity contribution in [2.45, 2.75) is 17.5 Å². The zero-order chi connectivity index (χ0) is 6.91. The minimum absolute atomic E-state index is 0.362. The Hall–Kier alpha value is 0.230. The predicted molar refractivity (Wildman–Crippen MR) is 35.1 cm³/mol. The van der Waals surface area contributed by atoms with Gasteiger partial charge < -0.3 is 15.3 Å². The van der Waals surface area contributed by atoms with Crippen LogP contribution in [0, 0.1) is 0 Å². The van der Waals surface area contributed by atoms with Crippen LogP contribution in [0.4, 0.5) is 0 Å². The van der Waals surface area contributed by atoms with Gasteiger partial charge in [0.1, 0.15) is 0 Å². The Kier molecular flexibility index (Phi) is 2.00. The highest BCUT2D eigenvalue weighted by Gasteiger charge is 2.40. The fourth-order valence-corrected chi connectivity index (χ4v) is 1.92. The van der Waals surface area contributed by atoms with E-state index in [1.807, 2.05) is 0 Å². The highest BCUT2D eigenvalue weighted by molar-refractivity contribution is 8.00. The maximum Gasteiger partial charge on any atom is 0.159 e. The summed E-state index contributed by atoms with van der Waals surface area (Å²) >= 11 is 1.21. The maximum atomic E-state index is 9.23. The van der Waals surface area contributed by atoms with Crippen molar-refractivity contribution in [3.8, 4) is 0 Å². The van der Waals surface area contributed by atoms with E-state index in [2.05, 4.69) is 0 Å². The lowest BCUT2D eigenvalue weighted by Gasteiger charge is -2.21. The fraction of sp³-hybridized carbons (Fsp3) is 1.00. The molecule has 9 heavy (non-hydrogen) atoms. The molecule has 4 heteroatoms. The molecule has 0 aliphatic carbocycles. The molecule has 0 spiro atoms. The van der Waals surface area contributed by atoms with Crippen LogP contribution in [0.5, 0.6) is 0 Å². The molecule has 54 valence electrons. The fourth-order valence-electron chi connectivity index (χ4n) is 0.820. The van der Waals surface area contributed by atoms with Crippen molar-refractivity contribution < 1.29 is 15.3 Å². The molecule has 0 aromatic heterocycles. The third kappa shape index (κ3) is 1.21. The first-order valence-corrected chi connectivity index (χ1v) is 3.83. The van der Waals surface area contributed by atoms with Gasteiger partial charge in [0.25, 0.3) is 0 Å². The van der Waals surface area contributed by atoms with Crippen molar-refractivity contribution in [2.75, 3.05) is 12.4 Å². The van der Waals surface area contributed by atoms with Gasteiger partial charge in [-0.05, 0) is 12.2 Å². The van der Waals surface area contributed by atoms with E-state index in [4.69, 9.17) is 10.2 Å². The minimum atomic E-state index is -1.28. The first kappa shape index (κ1) is 7.34. The van der Waals surface area contributed by atoms with E-state index in [1.165, 1.54) is 11.8 Å². The number of hydrogen-bond donors (Lipinski definition) is 3. The molecule has 0 saturated carbocycles. The van der Waals surface area contributed by atoms with Gasteiger partial charge in [0, 0.05) is 0 Å². The number of rotatable bonds is 1. The SMILES string of the molecule is OCC1(O)SCCC1O. The molecule has 0 bridgehead atoms. The Balaban J connectivity index is 2.56. The van der Waals surface area contributed by atoms with Crippen LogP contribution in [0.1, 0.15) is 6.42 Å². The largest absolute Gasteiger partial charge is 0.392 e. The average molecular weight is 150 g/mol. The van der Waals surface area contributed by atoms with Gasteiger partial charge in [-0.25, -0.2) is 0 Å². The Morgan fingerprint density at radius 2 is 2.33 bits per heavy atom. The van der Waals surface area contributed by atoms with Crippen molar-refractivity contribution in [3.63, 3.8) is 0 Å². The van der Waals surface area contributed by atoms with Crippen molar-refractivity contribution in [1.29, 1.82) is 0 Å². The first-order chi connectivity index (χ1) is 4.19. The summed E-state index contributed by atoms with van der Waals surface area (Å²) in [6, 6.07) is 0. The molecule has 1 fully saturated rings. The Morgan fingerprint density at radius 3 is 2.56 bits per heavy atom. The van der Waals surface area contributed by atoms with Crippen LogP contribution in [-0.2, 0) is 0 Å². The van der Waals surface area contributed by atoms with Crippen molar-refractivity contribution in [3.05, 3.63) is 0 Å². The number of hydrogen-bond acceptors (Lipinski definition) is 4. The van der Waals surface area contributed by atoms with Gasteiger partial charge in [-0.15, -0.1) is 11.8 Å². The second kappa shape index (κ2) is 2.46. The number of aliphatic hydroxyl groups excluding tert-OH is 2. The third-order valence-corrected chi connectivity index (χ3v) is 2.83. The average Bonchev–Trinajstić information content (AvgIpc) is 2.15. The lowest BCUT2D eigenvalue weighted by Crippen LogP contribution is -2.38. The molecule has 0 radical (unpaired) electrons. The summed E-state index contributed by atoms with van der Waals surface area (Å²) in [5, 5.41) is 26.8. The van der Waals surface area contributed by atoms with Crippen molar-refractivity contribution in [1.82, 2.24) is 0 Å². The summed E-state index contributed by atoms with van der Waals surface area (Å²) in [4.78, 5) is -1.28. The van der Waals surface area contributed by atoms with E-state index in [0.717, 1.165) is 5.75 Å². The van der Waals surface area contributed by atoms with Gasteiger partial charge in [-0.3, -0.25) is 0 Å². The second-order valence-corrected chi connectivity index (χ2v) is 3.56. The maximum absolute atomic E-state index is 9.23. The predicted octanol–water partition coefficient (Wildman–Crippen LogP) is -0.835. The summed E-state index contributed by atoms with van der Waals surface area (Å²) in [6.07, 6.45) is -0.186. The molecular weight excluding hydrogens is 140 g/mol. The molecule has 1 heterocycles. The van der Waals surface area contributed by atoms with Crippen LogP contribution in [0.3, 0.4) is 0 Å². The minimum Gasteiger partial charge on any atom is -0.392 e. The van der Waals surface area contributed by atoms with E-state index < -0.39 is 11.0 Å². The third-order valence-electron chi connectivity index (χ3n) is 1.49. The summed E-state index contributed by atoms with van der Waals surface area (Å²) < 4.78 is 0. The number of aliphatic hydroxyl groups is 3. The zero-order valence-electron chi connectivity index (χ0n) is 4.95. The molecule has 3 N–H and O–H groups in total. The van der Waals surface area contributed by atoms with Gasteiger partial charge in [0.15, 0.2) is 4.93 Å². The molecule has 1 aliphatic heterocycles. The number of thioether (sulfide) groups is 1. The molecular formula is C5H10O3S. The Labute approximate surface area is 57.7 Å². The summed E-state index contributed by atoms with van der Waals surface area (Å²) in [5.41, 5.74) is 0. The van der Waals surface area contributed by atoms with E-state index in [1.54, 1.807) is 0 Å². The standard InChI is InChI=1S/C5H10O3S/c6-3-5(8)4(7)1-2-9-5/h4,6-8H,1-3H2. The first-order valence-electron chi connectivity index (χ1n) is 2.84. The van der Waals surface area contributed by atoms with Crippen LogP contribution in [-0.4, -0.2) is 38.7 Å². The molecule has 1 aliphatic rings. The normalized spacial score (nSPS) is 43.7. The van der Waals surface area contributed by atoms with Gasteiger partial charge in [0.2, 0.25) is 0 Å². The molecule has 0 aromatic rings. The van der Waals surface area contributed by atoms with Crippen LogP contribution in [0.2, 0.25) is 0 Å². The molecule has 2 atom stereocenters. The van der Waals surface area contributed by atoms with E-state index in [9.17, 15) is 5.11 Å². The van der Waals surface area contributed by atoms with Crippen LogP contribution in [0.25, 0.3) is 0 Å². The van der Waals surface area contributed by atoms with E-state index in [0.29, 0.717) is 6.42 Å². The van der Waals surface area contributed by atoms with Crippen LogP contribution >= 0.6 is 11.8 Å². The van der Waals surface area contributed by atoms with Gasteiger partial charge >= 0.3 is 0 Å². The van der Waals surface area contributed by atoms with Gasteiger partial charge in [0.05, 0.1) is 12.7 Å². The quantitative estimate of drug-likeness (QED) is 0.456. The summed E-state index contributed by atoms with van der Waals surface area (Å²) in [5.74, 6) is 0.720. The van der Waals surface area contributed by atoms with E-state index >= 15 is 0 Å². The van der Waals surface area contributed by atoms with Crippen LogP contribution in [0.15, 0.2) is 0 Å². The van der Waals surface area contributed by atoms with Crippen molar-refractivity contribution in [2.24, 2.45) is 0 Å². The smallest absolute Gasteiger partial charge is 0.159 e. The Morgan fingerprint density at radius 1 is 1.67 bits per heavy atom. The topological polar surface area (TPSA) is 60.7 Å². The van der Waals surface area contributed by atoms with Gasteiger partial charge in [-0.2, -0.15) is 0 Å². The lowest BCUT2D eigenvalue weighted by molar-refractivity contribution is -0.0326. The van der Waals surface area contributed by atoms with Gasteiger partial charge in [-0.1, -0.05) is 0 Å². The van der Waals surface area contributed by atoms with Crippen LogP contribution < -0.4 is 0 Å². The van der Waals surface area contributed by atoms with E-state index in [-0.39, 0.29) is 6.61 Å². The second-order valence-electron chi connectivity index (χ2n) is 2.16. The molecule has 3 nitrogen and oxygen atoms in total. The summed E-state index contributed by atoms with van der Waals surface area (Å²) in [6.45, 7) is -0.362. The monoisotopic (exact) mass is 150 g/mol. The molecule has 1 saturated heterocycles. The lowest BCUT2D eigenvalue weighted by atomic mass is 10.2. The summed E-state index contributed by atoms with van der Waals surface area (Å²) in [7, 11) is 0. The highest BCUT2D eigenvalue weighted by Crippen LogP contribution is 2.35.